The van der Waals surface area contributed by atoms with Crippen LogP contribution >= 0.6 is 0 Å². The minimum Gasteiger partial charge on any atom is -0.461 e. The van der Waals surface area contributed by atoms with E-state index in [1.165, 1.54) is 0 Å². The van der Waals surface area contributed by atoms with Crippen molar-refractivity contribution in [3.05, 3.63) is 42.7 Å². The molecule has 9 nitrogen and oxygen atoms in total. The summed E-state index contributed by atoms with van der Waals surface area (Å²) in [5.41, 5.74) is 0. The van der Waals surface area contributed by atoms with Crippen molar-refractivity contribution in [2.75, 3.05) is 13.6 Å². The maximum absolute atomic E-state index is 5.27. The second-order valence-electron chi connectivity index (χ2n) is 5.06. The molecule has 3 heterocycles. The van der Waals surface area contributed by atoms with Crippen molar-refractivity contribution in [2.24, 2.45) is 4.99 Å². The second-order valence-corrected chi connectivity index (χ2v) is 5.06. The fraction of sp³-hybridized carbons (Fsp3) is 0.333. The third kappa shape index (κ3) is 4.22. The van der Waals surface area contributed by atoms with Gasteiger partial charge in [-0.3, -0.25) is 14.8 Å². The predicted molar refractivity (Wildman–Crippen MR) is 89.1 cm³/mol. The first-order valence-electron chi connectivity index (χ1n) is 7.72. The molecule has 0 bridgehead atoms. The molecule has 0 fully saturated rings. The van der Waals surface area contributed by atoms with Crippen LogP contribution in [0.3, 0.4) is 0 Å². The van der Waals surface area contributed by atoms with E-state index in [0.29, 0.717) is 29.9 Å². The summed E-state index contributed by atoms with van der Waals surface area (Å²) in [5, 5.41) is 17.6. The minimum atomic E-state index is 0.493. The van der Waals surface area contributed by atoms with E-state index in [2.05, 4.69) is 35.9 Å². The molecule has 9 heteroatoms. The van der Waals surface area contributed by atoms with Gasteiger partial charge in [-0.25, -0.2) is 4.98 Å². The molecule has 0 aliphatic heterocycles. The molecule has 3 rings (SSSR count). The minimum absolute atomic E-state index is 0.493. The van der Waals surface area contributed by atoms with Crippen LogP contribution in [0.25, 0.3) is 11.6 Å². The van der Waals surface area contributed by atoms with Crippen LogP contribution in [0, 0.1) is 0 Å². The van der Waals surface area contributed by atoms with Gasteiger partial charge in [-0.1, -0.05) is 0 Å². The summed E-state index contributed by atoms with van der Waals surface area (Å²) in [6, 6.07) is 5.54. The molecular weight excluding hydrogens is 308 g/mol. The van der Waals surface area contributed by atoms with Gasteiger partial charge >= 0.3 is 0 Å². The summed E-state index contributed by atoms with van der Waals surface area (Å²) >= 11 is 0. The van der Waals surface area contributed by atoms with Gasteiger partial charge in [0.15, 0.2) is 11.7 Å². The van der Waals surface area contributed by atoms with Gasteiger partial charge in [0.05, 0.1) is 12.8 Å². The molecule has 0 spiro atoms. The van der Waals surface area contributed by atoms with Crippen molar-refractivity contribution >= 4 is 5.96 Å². The van der Waals surface area contributed by atoms with E-state index in [1.54, 1.807) is 25.6 Å². The Balaban J connectivity index is 1.41. The summed E-state index contributed by atoms with van der Waals surface area (Å²) in [5.74, 6) is 2.60. The molecular formula is C15H20N8O. The number of aromatic amines is 1. The highest BCUT2D eigenvalue weighted by Crippen LogP contribution is 2.14. The number of nitrogens with one attached hydrogen (secondary N) is 3. The highest BCUT2D eigenvalue weighted by atomic mass is 16.3. The third-order valence-corrected chi connectivity index (χ3v) is 3.34. The predicted octanol–water partition coefficient (Wildman–Crippen LogP) is 1.02. The molecule has 126 valence electrons. The van der Waals surface area contributed by atoms with Crippen molar-refractivity contribution in [3.63, 3.8) is 0 Å². The quantitative estimate of drug-likeness (QED) is 0.339. The fourth-order valence-corrected chi connectivity index (χ4v) is 2.16. The summed E-state index contributed by atoms with van der Waals surface area (Å²) in [4.78, 5) is 8.56. The Bertz CT molecular complexity index is 744. The normalized spacial score (nSPS) is 11.6. The zero-order valence-corrected chi connectivity index (χ0v) is 13.4. The zero-order valence-electron chi connectivity index (χ0n) is 13.4. The number of aryl methyl sites for hydroxylation is 1. The summed E-state index contributed by atoms with van der Waals surface area (Å²) in [6.07, 6.45) is 6.28. The Morgan fingerprint density at radius 3 is 3.08 bits per heavy atom. The van der Waals surface area contributed by atoms with Crippen molar-refractivity contribution in [2.45, 2.75) is 19.5 Å². The second kappa shape index (κ2) is 7.95. The van der Waals surface area contributed by atoms with Crippen molar-refractivity contribution in [1.29, 1.82) is 0 Å². The van der Waals surface area contributed by atoms with Gasteiger partial charge in [0.25, 0.3) is 0 Å². The lowest BCUT2D eigenvalue weighted by Gasteiger charge is -2.10. The number of furan rings is 1. The van der Waals surface area contributed by atoms with Crippen molar-refractivity contribution in [1.82, 2.24) is 35.6 Å². The standard InChI is InChI=1S/C15H20N8O/c1-16-15(17-6-3-8-23-9-4-7-19-23)18-11-13-20-14(22-21-13)12-5-2-10-24-12/h2,4-5,7,9-10H,3,6,8,11H2,1H3,(H2,16,17,18)(H,20,21,22). The highest BCUT2D eigenvalue weighted by Gasteiger charge is 2.08. The molecule has 0 unspecified atom stereocenters. The van der Waals surface area contributed by atoms with Crippen molar-refractivity contribution in [3.8, 4) is 11.6 Å². The summed E-state index contributed by atoms with van der Waals surface area (Å²) in [7, 11) is 1.73. The van der Waals surface area contributed by atoms with Crippen LogP contribution in [0.15, 0.2) is 46.3 Å². The van der Waals surface area contributed by atoms with Crippen LogP contribution in [0.1, 0.15) is 12.2 Å². The van der Waals surface area contributed by atoms with Crippen LogP contribution in [0.2, 0.25) is 0 Å². The number of hydrogen-bond acceptors (Lipinski definition) is 5. The average molecular weight is 328 g/mol. The van der Waals surface area contributed by atoms with Gasteiger partial charge in [0.1, 0.15) is 5.82 Å². The summed E-state index contributed by atoms with van der Waals surface area (Å²) in [6.45, 7) is 2.16. The molecule has 0 saturated heterocycles. The first kappa shape index (κ1) is 15.8. The lowest BCUT2D eigenvalue weighted by atomic mass is 10.4. The molecule has 3 aromatic heterocycles. The van der Waals surface area contributed by atoms with Gasteiger partial charge in [-0.05, 0) is 24.6 Å². The molecule has 0 atom stereocenters. The SMILES string of the molecule is CN=C(NCCCn1cccn1)NCc1nc(-c2ccco2)n[nH]1. The number of guanidine groups is 1. The van der Waals surface area contributed by atoms with E-state index in [4.69, 9.17) is 4.42 Å². The molecule has 0 saturated carbocycles. The van der Waals surface area contributed by atoms with Crippen LogP contribution in [0.4, 0.5) is 0 Å². The fourth-order valence-electron chi connectivity index (χ4n) is 2.16. The highest BCUT2D eigenvalue weighted by molar-refractivity contribution is 5.79. The number of hydrogen-bond donors (Lipinski definition) is 3. The first-order chi connectivity index (χ1) is 11.8. The zero-order chi connectivity index (χ0) is 16.6. The number of aliphatic imine (C=N–C) groups is 1. The molecule has 0 amide bonds. The van der Waals surface area contributed by atoms with Gasteiger partial charge in [0, 0.05) is 32.5 Å². The number of aromatic nitrogens is 5. The molecule has 3 N–H and O–H groups in total. The maximum Gasteiger partial charge on any atom is 0.216 e. The Kier molecular flexibility index (Phi) is 5.23. The van der Waals surface area contributed by atoms with Crippen LogP contribution < -0.4 is 10.6 Å². The molecule has 0 radical (unpaired) electrons. The number of H-pyrrole nitrogens is 1. The van der Waals surface area contributed by atoms with E-state index >= 15 is 0 Å². The molecule has 24 heavy (non-hydrogen) atoms. The maximum atomic E-state index is 5.27. The monoisotopic (exact) mass is 328 g/mol. The first-order valence-corrected chi connectivity index (χ1v) is 7.72. The van der Waals surface area contributed by atoms with Gasteiger partial charge in [0.2, 0.25) is 5.82 Å². The molecule has 0 aliphatic carbocycles. The van der Waals surface area contributed by atoms with E-state index in [0.717, 1.165) is 19.5 Å². The van der Waals surface area contributed by atoms with E-state index < -0.39 is 0 Å². The Labute approximate surface area is 139 Å². The third-order valence-electron chi connectivity index (χ3n) is 3.34. The largest absolute Gasteiger partial charge is 0.461 e. The van der Waals surface area contributed by atoms with Gasteiger partial charge < -0.3 is 15.1 Å². The molecule has 0 aromatic carbocycles. The Morgan fingerprint density at radius 2 is 2.33 bits per heavy atom. The van der Waals surface area contributed by atoms with E-state index in [9.17, 15) is 0 Å². The molecule has 3 aromatic rings. The topological polar surface area (TPSA) is 109 Å². The van der Waals surface area contributed by atoms with Gasteiger partial charge in [-0.2, -0.15) is 5.10 Å². The summed E-state index contributed by atoms with van der Waals surface area (Å²) < 4.78 is 7.17. The van der Waals surface area contributed by atoms with Crippen LogP contribution in [-0.4, -0.2) is 44.5 Å². The molecule has 0 aliphatic rings. The number of nitrogens with zero attached hydrogens (tertiary/aromatic N) is 5. The average Bonchev–Trinajstić information content (AvgIpc) is 3.35. The van der Waals surface area contributed by atoms with Crippen LogP contribution in [0.5, 0.6) is 0 Å². The van der Waals surface area contributed by atoms with Gasteiger partial charge in [-0.15, -0.1) is 5.10 Å². The van der Waals surface area contributed by atoms with E-state index in [-0.39, 0.29) is 0 Å². The lowest BCUT2D eigenvalue weighted by Crippen LogP contribution is -2.37. The lowest BCUT2D eigenvalue weighted by molar-refractivity contribution is 0.570. The Morgan fingerprint density at radius 1 is 1.38 bits per heavy atom. The van der Waals surface area contributed by atoms with E-state index in [1.807, 2.05) is 23.0 Å². The smallest absolute Gasteiger partial charge is 0.216 e. The van der Waals surface area contributed by atoms with Crippen molar-refractivity contribution < 1.29 is 4.42 Å². The Hall–Kier alpha value is -3.10. The van der Waals surface area contributed by atoms with Crippen LogP contribution in [-0.2, 0) is 13.1 Å². The number of rotatable bonds is 7.